The van der Waals surface area contributed by atoms with Gasteiger partial charge in [0.1, 0.15) is 11.6 Å². The van der Waals surface area contributed by atoms with Gasteiger partial charge in [-0.05, 0) is 19.8 Å². The van der Waals surface area contributed by atoms with Crippen LogP contribution in [-0.4, -0.2) is 24.5 Å². The maximum Gasteiger partial charge on any atom is 0.220 e. The van der Waals surface area contributed by atoms with Crippen molar-refractivity contribution in [2.24, 2.45) is 0 Å². The summed E-state index contributed by atoms with van der Waals surface area (Å²) in [6.07, 6.45) is 15.3. The molecule has 4 heteroatoms. The second-order valence-electron chi connectivity index (χ2n) is 6.80. The molecule has 0 aromatic rings. The van der Waals surface area contributed by atoms with Gasteiger partial charge in [-0.1, -0.05) is 57.8 Å². The zero-order valence-electron chi connectivity index (χ0n) is 15.8. The highest BCUT2D eigenvalue weighted by Crippen LogP contribution is 2.13. The Morgan fingerprint density at radius 1 is 0.583 bits per heavy atom. The van der Waals surface area contributed by atoms with Crippen LogP contribution in [0.4, 0.5) is 0 Å². The van der Waals surface area contributed by atoms with Gasteiger partial charge in [0, 0.05) is 32.7 Å². The van der Waals surface area contributed by atoms with Crippen LogP contribution in [0.5, 0.6) is 0 Å². The first-order valence-corrected chi connectivity index (χ1v) is 9.78. The van der Waals surface area contributed by atoms with Gasteiger partial charge in [0.25, 0.3) is 0 Å². The minimum atomic E-state index is -0.0535. The topological polar surface area (TPSA) is 63.2 Å². The normalized spacial score (nSPS) is 10.6. The fourth-order valence-electron chi connectivity index (χ4n) is 2.79. The van der Waals surface area contributed by atoms with Crippen molar-refractivity contribution in [1.82, 2.24) is 5.32 Å². The maximum atomic E-state index is 11.6. The number of amides is 1. The van der Waals surface area contributed by atoms with E-state index < -0.39 is 0 Å². The van der Waals surface area contributed by atoms with Crippen LogP contribution in [0.2, 0.25) is 0 Å². The molecule has 0 saturated carbocycles. The van der Waals surface area contributed by atoms with E-state index in [1.165, 1.54) is 51.4 Å². The van der Waals surface area contributed by atoms with Crippen molar-refractivity contribution < 1.29 is 14.4 Å². The molecule has 1 amide bonds. The van der Waals surface area contributed by atoms with Gasteiger partial charge in [0.05, 0.1) is 0 Å². The number of hydrogen-bond donors (Lipinski definition) is 1. The number of ketones is 2. The van der Waals surface area contributed by atoms with Crippen molar-refractivity contribution >= 4 is 17.5 Å². The summed E-state index contributed by atoms with van der Waals surface area (Å²) in [5, 5.41) is 2.53. The van der Waals surface area contributed by atoms with Crippen LogP contribution in [0.1, 0.15) is 103 Å². The number of Topliss-reactive ketones (excluding diaryl/α,β-unsaturated/α-hetero) is 2. The summed E-state index contributed by atoms with van der Waals surface area (Å²) in [7, 11) is 1.60. The van der Waals surface area contributed by atoms with Crippen LogP contribution in [0.3, 0.4) is 0 Å². The minimum absolute atomic E-state index is 0.0535. The average Bonchev–Trinajstić information content (AvgIpc) is 2.56. The Kier molecular flexibility index (Phi) is 15.8. The van der Waals surface area contributed by atoms with Gasteiger partial charge in [0.15, 0.2) is 0 Å². The molecular weight excluding hydrogens is 302 g/mol. The van der Waals surface area contributed by atoms with E-state index in [4.69, 9.17) is 0 Å². The number of rotatable bonds is 17. The van der Waals surface area contributed by atoms with Gasteiger partial charge >= 0.3 is 0 Å². The number of unbranched alkanes of at least 4 members (excludes halogenated alkanes) is 10. The van der Waals surface area contributed by atoms with Crippen molar-refractivity contribution in [2.45, 2.75) is 103 Å². The van der Waals surface area contributed by atoms with E-state index >= 15 is 0 Å². The second-order valence-corrected chi connectivity index (χ2v) is 6.80. The molecule has 140 valence electrons. The summed E-state index contributed by atoms with van der Waals surface area (Å²) in [5.74, 6) is 0.466. The van der Waals surface area contributed by atoms with E-state index in [1.54, 1.807) is 14.0 Å². The second kappa shape index (κ2) is 16.7. The lowest BCUT2D eigenvalue weighted by molar-refractivity contribution is -0.125. The molecule has 0 aromatic carbocycles. The van der Waals surface area contributed by atoms with Crippen LogP contribution in [0, 0.1) is 0 Å². The molecule has 0 radical (unpaired) electrons. The van der Waals surface area contributed by atoms with Crippen LogP contribution in [-0.2, 0) is 14.4 Å². The lowest BCUT2D eigenvalue weighted by atomic mass is 10.0. The van der Waals surface area contributed by atoms with E-state index in [0.29, 0.717) is 25.0 Å². The lowest BCUT2D eigenvalue weighted by Gasteiger charge is -2.03. The van der Waals surface area contributed by atoms with Crippen molar-refractivity contribution in [1.29, 1.82) is 0 Å². The van der Waals surface area contributed by atoms with E-state index in [-0.39, 0.29) is 11.7 Å². The Bertz CT molecular complexity index is 353. The molecular formula is C20H37NO3. The monoisotopic (exact) mass is 339 g/mol. The summed E-state index contributed by atoms with van der Waals surface area (Å²) < 4.78 is 0. The summed E-state index contributed by atoms with van der Waals surface area (Å²) >= 11 is 0. The highest BCUT2D eigenvalue weighted by atomic mass is 16.2. The van der Waals surface area contributed by atoms with E-state index in [2.05, 4.69) is 5.32 Å². The molecule has 0 aliphatic heterocycles. The molecule has 0 saturated heterocycles. The molecule has 0 aliphatic carbocycles. The first-order chi connectivity index (χ1) is 11.6. The quantitative estimate of drug-likeness (QED) is 0.389. The number of hydrogen-bond acceptors (Lipinski definition) is 3. The highest BCUT2D eigenvalue weighted by Gasteiger charge is 2.05. The summed E-state index contributed by atoms with van der Waals surface area (Å²) in [6, 6.07) is 0. The molecule has 0 atom stereocenters. The zero-order chi connectivity index (χ0) is 18.0. The standard InChI is InChI=1S/C20H37NO3/c1-18(22)14-12-10-8-6-4-3-5-7-9-11-13-15-19(23)16-17-20(24)21-2/h3-17H2,1-2H3,(H,21,24). The van der Waals surface area contributed by atoms with Crippen LogP contribution in [0.15, 0.2) is 0 Å². The van der Waals surface area contributed by atoms with Crippen LogP contribution in [0.25, 0.3) is 0 Å². The van der Waals surface area contributed by atoms with Crippen molar-refractivity contribution in [2.75, 3.05) is 7.05 Å². The Morgan fingerprint density at radius 2 is 1.00 bits per heavy atom. The van der Waals surface area contributed by atoms with E-state index in [0.717, 1.165) is 25.7 Å². The van der Waals surface area contributed by atoms with Gasteiger partial charge in [-0.2, -0.15) is 0 Å². The van der Waals surface area contributed by atoms with Crippen molar-refractivity contribution in [3.8, 4) is 0 Å². The van der Waals surface area contributed by atoms with Gasteiger partial charge < -0.3 is 10.1 Å². The Labute approximate surface area is 148 Å². The summed E-state index contributed by atoms with van der Waals surface area (Å²) in [5.41, 5.74) is 0. The third-order valence-corrected chi connectivity index (χ3v) is 4.39. The van der Waals surface area contributed by atoms with E-state index in [1.807, 2.05) is 0 Å². The Morgan fingerprint density at radius 3 is 1.42 bits per heavy atom. The molecule has 24 heavy (non-hydrogen) atoms. The lowest BCUT2D eigenvalue weighted by Crippen LogP contribution is -2.18. The highest BCUT2D eigenvalue weighted by molar-refractivity contribution is 5.84. The molecule has 4 nitrogen and oxygen atoms in total. The Balaban J connectivity index is 3.18. The van der Waals surface area contributed by atoms with E-state index in [9.17, 15) is 14.4 Å². The third-order valence-electron chi connectivity index (χ3n) is 4.39. The minimum Gasteiger partial charge on any atom is -0.359 e. The molecule has 0 bridgehead atoms. The number of carbonyl (C=O) groups excluding carboxylic acids is 3. The van der Waals surface area contributed by atoms with Crippen LogP contribution >= 0.6 is 0 Å². The molecule has 0 spiro atoms. The zero-order valence-corrected chi connectivity index (χ0v) is 15.8. The number of nitrogens with one attached hydrogen (secondary N) is 1. The fourth-order valence-corrected chi connectivity index (χ4v) is 2.79. The van der Waals surface area contributed by atoms with Gasteiger partial charge in [-0.3, -0.25) is 9.59 Å². The summed E-state index contributed by atoms with van der Waals surface area (Å²) in [4.78, 5) is 33.4. The predicted octanol–water partition coefficient (Wildman–Crippen LogP) is 4.74. The average molecular weight is 340 g/mol. The molecule has 0 fully saturated rings. The van der Waals surface area contributed by atoms with Gasteiger partial charge in [-0.15, -0.1) is 0 Å². The first-order valence-electron chi connectivity index (χ1n) is 9.78. The van der Waals surface area contributed by atoms with Crippen molar-refractivity contribution in [3.63, 3.8) is 0 Å². The molecule has 0 heterocycles. The smallest absolute Gasteiger partial charge is 0.220 e. The van der Waals surface area contributed by atoms with Crippen molar-refractivity contribution in [3.05, 3.63) is 0 Å². The van der Waals surface area contributed by atoms with Gasteiger partial charge in [-0.25, -0.2) is 0 Å². The van der Waals surface area contributed by atoms with Crippen LogP contribution < -0.4 is 5.32 Å². The molecule has 0 unspecified atom stereocenters. The maximum absolute atomic E-state index is 11.6. The fraction of sp³-hybridized carbons (Fsp3) is 0.850. The predicted molar refractivity (Wildman–Crippen MR) is 99.0 cm³/mol. The number of carbonyl (C=O) groups is 3. The Hall–Kier alpha value is -1.19. The largest absolute Gasteiger partial charge is 0.359 e. The first kappa shape index (κ1) is 22.8. The molecule has 0 aliphatic rings. The van der Waals surface area contributed by atoms with Gasteiger partial charge in [0.2, 0.25) is 5.91 Å². The SMILES string of the molecule is CNC(=O)CCC(=O)CCCCCCCCCCCCCC(C)=O. The third kappa shape index (κ3) is 17.2. The molecule has 0 rings (SSSR count). The molecule has 1 N–H and O–H groups in total. The molecule has 0 aromatic heterocycles. The summed E-state index contributed by atoms with van der Waals surface area (Å²) in [6.45, 7) is 1.67.